The molecule has 1 aromatic rings. The monoisotopic (exact) mass is 280 g/mol. The van der Waals surface area contributed by atoms with Crippen molar-refractivity contribution in [2.75, 3.05) is 6.54 Å². The second kappa shape index (κ2) is 6.38. The summed E-state index contributed by atoms with van der Waals surface area (Å²) in [5.74, 6) is 0.787. The minimum absolute atomic E-state index is 0.0270. The van der Waals surface area contributed by atoms with Crippen molar-refractivity contribution in [3.05, 3.63) is 22.4 Å². The van der Waals surface area contributed by atoms with Gasteiger partial charge >= 0.3 is 0 Å². The van der Waals surface area contributed by atoms with Crippen LogP contribution in [0.2, 0.25) is 0 Å². The third-order valence-corrected chi connectivity index (χ3v) is 5.18. The lowest BCUT2D eigenvalue weighted by molar-refractivity contribution is 0.122. The summed E-state index contributed by atoms with van der Waals surface area (Å²) in [7, 11) is 0. The lowest BCUT2D eigenvalue weighted by Crippen LogP contribution is -2.53. The van der Waals surface area contributed by atoms with Crippen LogP contribution < -0.4 is 5.73 Å². The van der Waals surface area contributed by atoms with Crippen molar-refractivity contribution in [1.29, 1.82) is 0 Å². The molecule has 19 heavy (non-hydrogen) atoms. The maximum Gasteiger partial charge on any atom is 0.0331 e. The fourth-order valence-electron chi connectivity index (χ4n) is 3.27. The first kappa shape index (κ1) is 15.0. The molecule has 108 valence electrons. The summed E-state index contributed by atoms with van der Waals surface area (Å²) in [6, 6.07) is 4.92. The molecule has 1 aliphatic carbocycles. The minimum Gasteiger partial charge on any atom is -0.324 e. The first-order chi connectivity index (χ1) is 8.98. The summed E-state index contributed by atoms with van der Waals surface area (Å²) in [5, 5.41) is 2.16. The van der Waals surface area contributed by atoms with Gasteiger partial charge in [0, 0.05) is 29.5 Å². The summed E-state index contributed by atoms with van der Waals surface area (Å²) in [5.41, 5.74) is 6.71. The van der Waals surface area contributed by atoms with Crippen LogP contribution in [0.25, 0.3) is 0 Å². The molecule has 2 nitrogen and oxygen atoms in total. The molecule has 0 radical (unpaired) electrons. The SMILES string of the molecule is CC1CCCC(N)(CN(Cc2cccs2)C(C)C)C1. The van der Waals surface area contributed by atoms with Crippen LogP contribution in [0.4, 0.5) is 0 Å². The maximum atomic E-state index is 6.68. The molecule has 0 bridgehead atoms. The van der Waals surface area contributed by atoms with Crippen LogP contribution in [0.3, 0.4) is 0 Å². The average molecular weight is 280 g/mol. The Kier molecular flexibility index (Phi) is 5.04. The van der Waals surface area contributed by atoms with E-state index >= 15 is 0 Å². The zero-order valence-corrected chi connectivity index (χ0v) is 13.4. The molecule has 2 N–H and O–H groups in total. The van der Waals surface area contributed by atoms with Crippen molar-refractivity contribution < 1.29 is 0 Å². The molecule has 0 saturated heterocycles. The highest BCUT2D eigenvalue weighted by molar-refractivity contribution is 7.09. The van der Waals surface area contributed by atoms with E-state index in [0.29, 0.717) is 6.04 Å². The molecule has 2 atom stereocenters. The Labute approximate surface area is 122 Å². The summed E-state index contributed by atoms with van der Waals surface area (Å²) < 4.78 is 0. The standard InChI is InChI=1S/C16H28N2S/c1-13(2)18(11-15-7-5-9-19-15)12-16(17)8-4-6-14(3)10-16/h5,7,9,13-14H,4,6,8,10-12,17H2,1-3H3. The van der Waals surface area contributed by atoms with Crippen molar-refractivity contribution in [2.45, 2.75) is 64.6 Å². The summed E-state index contributed by atoms with van der Waals surface area (Å²) in [4.78, 5) is 3.99. The Morgan fingerprint density at radius 3 is 2.89 bits per heavy atom. The van der Waals surface area contributed by atoms with Gasteiger partial charge in [0.1, 0.15) is 0 Å². The number of hydrogen-bond donors (Lipinski definition) is 1. The largest absolute Gasteiger partial charge is 0.324 e. The first-order valence-corrected chi connectivity index (χ1v) is 8.42. The zero-order chi connectivity index (χ0) is 13.9. The van der Waals surface area contributed by atoms with Gasteiger partial charge in [-0.3, -0.25) is 4.90 Å². The Hall–Kier alpha value is -0.380. The Morgan fingerprint density at radius 1 is 1.53 bits per heavy atom. The summed E-state index contributed by atoms with van der Waals surface area (Å²) >= 11 is 1.85. The van der Waals surface area contributed by atoms with Crippen molar-refractivity contribution in [3.63, 3.8) is 0 Å². The van der Waals surface area contributed by atoms with E-state index in [9.17, 15) is 0 Å². The smallest absolute Gasteiger partial charge is 0.0331 e. The molecule has 3 heteroatoms. The molecule has 0 amide bonds. The number of thiophene rings is 1. The quantitative estimate of drug-likeness (QED) is 0.887. The molecule has 0 aromatic carbocycles. The predicted molar refractivity (Wildman–Crippen MR) is 84.4 cm³/mol. The van der Waals surface area contributed by atoms with Crippen molar-refractivity contribution in [2.24, 2.45) is 11.7 Å². The van der Waals surface area contributed by atoms with Gasteiger partial charge in [0.05, 0.1) is 0 Å². The van der Waals surface area contributed by atoms with Gasteiger partial charge in [-0.05, 0) is 44.1 Å². The molecular formula is C16H28N2S. The molecule has 1 fully saturated rings. The van der Waals surface area contributed by atoms with Crippen LogP contribution in [0.1, 0.15) is 51.3 Å². The van der Waals surface area contributed by atoms with E-state index in [1.807, 2.05) is 11.3 Å². The average Bonchev–Trinajstić information content (AvgIpc) is 2.80. The van der Waals surface area contributed by atoms with Gasteiger partial charge in [0.25, 0.3) is 0 Å². The van der Waals surface area contributed by atoms with Gasteiger partial charge < -0.3 is 5.73 Å². The van der Waals surface area contributed by atoms with E-state index in [1.54, 1.807) is 0 Å². The van der Waals surface area contributed by atoms with E-state index in [-0.39, 0.29) is 5.54 Å². The molecule has 2 unspecified atom stereocenters. The second-order valence-electron chi connectivity index (χ2n) is 6.64. The highest BCUT2D eigenvalue weighted by Gasteiger charge is 2.33. The molecule has 1 aliphatic rings. The molecule has 0 aliphatic heterocycles. The van der Waals surface area contributed by atoms with Crippen LogP contribution >= 0.6 is 11.3 Å². The van der Waals surface area contributed by atoms with Gasteiger partial charge in [-0.1, -0.05) is 25.8 Å². The highest BCUT2D eigenvalue weighted by Crippen LogP contribution is 2.32. The maximum absolute atomic E-state index is 6.68. The zero-order valence-electron chi connectivity index (χ0n) is 12.6. The van der Waals surface area contributed by atoms with Gasteiger partial charge in [0.15, 0.2) is 0 Å². The van der Waals surface area contributed by atoms with E-state index in [4.69, 9.17) is 5.73 Å². The molecule has 0 spiro atoms. The van der Waals surface area contributed by atoms with Crippen LogP contribution in [0, 0.1) is 5.92 Å². The molecule has 2 rings (SSSR count). The van der Waals surface area contributed by atoms with E-state index in [0.717, 1.165) is 19.0 Å². The Balaban J connectivity index is 1.99. The van der Waals surface area contributed by atoms with Crippen LogP contribution in [0.15, 0.2) is 17.5 Å². The van der Waals surface area contributed by atoms with Gasteiger partial charge in [0.2, 0.25) is 0 Å². The Bertz CT molecular complexity index is 374. The second-order valence-corrected chi connectivity index (χ2v) is 7.67. The third kappa shape index (κ3) is 4.30. The van der Waals surface area contributed by atoms with Crippen LogP contribution in [0.5, 0.6) is 0 Å². The molecular weight excluding hydrogens is 252 g/mol. The Morgan fingerprint density at radius 2 is 2.32 bits per heavy atom. The molecule has 1 heterocycles. The van der Waals surface area contributed by atoms with Crippen molar-refractivity contribution in [3.8, 4) is 0 Å². The normalized spacial score (nSPS) is 28.2. The van der Waals surface area contributed by atoms with Crippen LogP contribution in [-0.4, -0.2) is 23.0 Å². The fourth-order valence-corrected chi connectivity index (χ4v) is 4.00. The van der Waals surface area contributed by atoms with Gasteiger partial charge in [-0.2, -0.15) is 0 Å². The third-order valence-electron chi connectivity index (χ3n) is 4.31. The van der Waals surface area contributed by atoms with Crippen LogP contribution in [-0.2, 0) is 6.54 Å². The highest BCUT2D eigenvalue weighted by atomic mass is 32.1. The summed E-state index contributed by atoms with van der Waals surface area (Å²) in [6.45, 7) is 8.99. The lowest BCUT2D eigenvalue weighted by atomic mass is 9.76. The number of nitrogens with zero attached hydrogens (tertiary/aromatic N) is 1. The number of rotatable bonds is 5. The molecule has 1 saturated carbocycles. The van der Waals surface area contributed by atoms with E-state index in [2.05, 4.69) is 43.2 Å². The van der Waals surface area contributed by atoms with Crippen molar-refractivity contribution in [1.82, 2.24) is 4.90 Å². The fraction of sp³-hybridized carbons (Fsp3) is 0.750. The molecule has 1 aromatic heterocycles. The number of hydrogen-bond acceptors (Lipinski definition) is 3. The number of nitrogens with two attached hydrogens (primary N) is 1. The van der Waals surface area contributed by atoms with Crippen molar-refractivity contribution >= 4 is 11.3 Å². The first-order valence-electron chi connectivity index (χ1n) is 7.54. The lowest BCUT2D eigenvalue weighted by Gasteiger charge is -2.41. The van der Waals surface area contributed by atoms with E-state index < -0.39 is 0 Å². The van der Waals surface area contributed by atoms with Gasteiger partial charge in [-0.15, -0.1) is 11.3 Å². The summed E-state index contributed by atoms with van der Waals surface area (Å²) in [6.07, 6.45) is 5.01. The minimum atomic E-state index is 0.0270. The van der Waals surface area contributed by atoms with Gasteiger partial charge in [-0.25, -0.2) is 0 Å². The topological polar surface area (TPSA) is 29.3 Å². The van der Waals surface area contributed by atoms with E-state index in [1.165, 1.54) is 30.6 Å². The predicted octanol–water partition coefficient (Wildman–Crippen LogP) is 3.87.